The fourth-order valence-electron chi connectivity index (χ4n) is 2.23. The molecule has 0 bridgehead atoms. The number of rotatable bonds is 3. The first-order valence-corrected chi connectivity index (χ1v) is 6.72. The standard InChI is InChI=1S/C15H20N2O4/c1-15(2,3)21-14(19)17-7-10-5-12(16-9-18)13(20-4)6-11(10)8-17/h5-6,9H,7-8H2,1-4H3,(H,16,18). The lowest BCUT2D eigenvalue weighted by molar-refractivity contribution is -0.105. The van der Waals surface area contributed by atoms with Gasteiger partial charge in [0.05, 0.1) is 12.8 Å². The SMILES string of the molecule is COc1cc2c(cc1NC=O)CN(C(=O)OC(C)(C)C)C2. The summed E-state index contributed by atoms with van der Waals surface area (Å²) >= 11 is 0. The van der Waals surface area contributed by atoms with E-state index in [1.807, 2.05) is 32.9 Å². The Morgan fingerprint density at radius 3 is 2.43 bits per heavy atom. The molecule has 1 N–H and O–H groups in total. The fourth-order valence-corrected chi connectivity index (χ4v) is 2.23. The Balaban J connectivity index is 2.18. The molecule has 0 atom stereocenters. The number of methoxy groups -OCH3 is 1. The van der Waals surface area contributed by atoms with Crippen molar-refractivity contribution >= 4 is 18.2 Å². The van der Waals surface area contributed by atoms with Crippen LogP contribution in [0.5, 0.6) is 5.75 Å². The quantitative estimate of drug-likeness (QED) is 0.869. The van der Waals surface area contributed by atoms with Crippen LogP contribution in [0.1, 0.15) is 31.9 Å². The zero-order valence-corrected chi connectivity index (χ0v) is 12.7. The van der Waals surface area contributed by atoms with E-state index in [4.69, 9.17) is 9.47 Å². The lowest BCUT2D eigenvalue weighted by Gasteiger charge is -2.24. The van der Waals surface area contributed by atoms with Crippen molar-refractivity contribution in [3.8, 4) is 5.75 Å². The highest BCUT2D eigenvalue weighted by molar-refractivity contribution is 5.77. The van der Waals surface area contributed by atoms with Crippen molar-refractivity contribution in [2.45, 2.75) is 39.5 Å². The van der Waals surface area contributed by atoms with Crippen LogP contribution in [0.15, 0.2) is 12.1 Å². The molecule has 0 fully saturated rings. The van der Waals surface area contributed by atoms with Gasteiger partial charge in [0.1, 0.15) is 11.4 Å². The number of anilines is 1. The smallest absolute Gasteiger partial charge is 0.410 e. The normalized spacial score (nSPS) is 13.6. The average molecular weight is 292 g/mol. The van der Waals surface area contributed by atoms with Crippen LogP contribution in [-0.2, 0) is 22.6 Å². The van der Waals surface area contributed by atoms with E-state index < -0.39 is 5.60 Å². The van der Waals surface area contributed by atoms with Gasteiger partial charge in [-0.05, 0) is 44.0 Å². The second kappa shape index (κ2) is 5.63. The molecule has 0 radical (unpaired) electrons. The Hall–Kier alpha value is -2.24. The van der Waals surface area contributed by atoms with Gasteiger partial charge < -0.3 is 14.8 Å². The number of nitrogens with zero attached hydrogens (tertiary/aromatic N) is 1. The van der Waals surface area contributed by atoms with Crippen LogP contribution in [0.2, 0.25) is 0 Å². The molecule has 0 spiro atoms. The van der Waals surface area contributed by atoms with E-state index in [-0.39, 0.29) is 6.09 Å². The van der Waals surface area contributed by atoms with Gasteiger partial charge in [-0.15, -0.1) is 0 Å². The first-order valence-electron chi connectivity index (χ1n) is 6.72. The summed E-state index contributed by atoms with van der Waals surface area (Å²) in [6.07, 6.45) is 0.257. The van der Waals surface area contributed by atoms with Gasteiger partial charge in [0.25, 0.3) is 0 Å². The third-order valence-corrected chi connectivity index (χ3v) is 3.11. The zero-order valence-electron chi connectivity index (χ0n) is 12.7. The van der Waals surface area contributed by atoms with Gasteiger partial charge in [0.2, 0.25) is 6.41 Å². The minimum atomic E-state index is -0.520. The number of ether oxygens (including phenoxy) is 2. The number of nitrogens with one attached hydrogen (secondary N) is 1. The summed E-state index contributed by atoms with van der Waals surface area (Å²) in [5.41, 5.74) is 2.05. The second-order valence-electron chi connectivity index (χ2n) is 5.92. The van der Waals surface area contributed by atoms with Crippen LogP contribution < -0.4 is 10.1 Å². The van der Waals surface area contributed by atoms with E-state index in [2.05, 4.69) is 5.32 Å². The minimum absolute atomic E-state index is 0.345. The molecule has 2 amide bonds. The molecule has 1 aromatic rings. The molecule has 0 saturated heterocycles. The van der Waals surface area contributed by atoms with Crippen LogP contribution in [0.25, 0.3) is 0 Å². The molecule has 0 saturated carbocycles. The summed E-state index contributed by atoms with van der Waals surface area (Å²) in [7, 11) is 1.54. The number of amides is 2. The van der Waals surface area contributed by atoms with Crippen molar-refractivity contribution in [2.75, 3.05) is 12.4 Å². The summed E-state index contributed by atoms with van der Waals surface area (Å²) in [6.45, 7) is 6.44. The number of carbonyl (C=O) groups is 2. The fraction of sp³-hybridized carbons (Fsp3) is 0.467. The van der Waals surface area contributed by atoms with Gasteiger partial charge in [-0.1, -0.05) is 0 Å². The number of benzene rings is 1. The highest BCUT2D eigenvalue weighted by atomic mass is 16.6. The van der Waals surface area contributed by atoms with Crippen molar-refractivity contribution < 1.29 is 19.1 Å². The Morgan fingerprint density at radius 1 is 1.29 bits per heavy atom. The van der Waals surface area contributed by atoms with Crippen LogP contribution in [0.4, 0.5) is 10.5 Å². The van der Waals surface area contributed by atoms with Crippen molar-refractivity contribution in [1.82, 2.24) is 4.90 Å². The first kappa shape index (κ1) is 15.2. The number of hydrogen-bond acceptors (Lipinski definition) is 4. The van der Waals surface area contributed by atoms with Crippen molar-refractivity contribution in [3.05, 3.63) is 23.3 Å². The van der Waals surface area contributed by atoms with Gasteiger partial charge in [0, 0.05) is 13.1 Å². The third kappa shape index (κ3) is 3.45. The molecule has 1 aliphatic rings. The van der Waals surface area contributed by atoms with Crippen LogP contribution in [-0.4, -0.2) is 30.1 Å². The van der Waals surface area contributed by atoms with Crippen LogP contribution in [0.3, 0.4) is 0 Å². The summed E-state index contributed by atoms with van der Waals surface area (Å²) in [4.78, 5) is 24.3. The summed E-state index contributed by atoms with van der Waals surface area (Å²) in [5.74, 6) is 0.576. The molecule has 6 nitrogen and oxygen atoms in total. The van der Waals surface area contributed by atoms with Crippen molar-refractivity contribution in [1.29, 1.82) is 0 Å². The number of carbonyl (C=O) groups excluding carboxylic acids is 2. The van der Waals surface area contributed by atoms with E-state index >= 15 is 0 Å². The first-order chi connectivity index (χ1) is 9.84. The van der Waals surface area contributed by atoms with E-state index in [0.717, 1.165) is 11.1 Å². The summed E-state index contributed by atoms with van der Waals surface area (Å²) in [6, 6.07) is 3.67. The lowest BCUT2D eigenvalue weighted by atomic mass is 10.1. The third-order valence-electron chi connectivity index (χ3n) is 3.11. The van der Waals surface area contributed by atoms with E-state index in [9.17, 15) is 9.59 Å². The Morgan fingerprint density at radius 2 is 1.90 bits per heavy atom. The number of fused-ring (bicyclic) bond motifs is 1. The highest BCUT2D eigenvalue weighted by Crippen LogP contribution is 2.33. The predicted octanol–water partition coefficient (Wildman–Crippen LogP) is 2.51. The Bertz CT molecular complexity index is 564. The molecule has 1 heterocycles. The van der Waals surface area contributed by atoms with Crippen LogP contribution in [0, 0.1) is 0 Å². The maximum absolute atomic E-state index is 12.1. The largest absolute Gasteiger partial charge is 0.495 e. The Labute approximate surface area is 124 Å². The lowest BCUT2D eigenvalue weighted by Crippen LogP contribution is -2.33. The van der Waals surface area contributed by atoms with E-state index in [1.165, 1.54) is 7.11 Å². The number of hydrogen-bond donors (Lipinski definition) is 1. The Kier molecular flexibility index (Phi) is 4.06. The van der Waals surface area contributed by atoms with Gasteiger partial charge in [0.15, 0.2) is 0 Å². The predicted molar refractivity (Wildman–Crippen MR) is 78.2 cm³/mol. The molecule has 0 unspecified atom stereocenters. The topological polar surface area (TPSA) is 67.9 Å². The molecule has 6 heteroatoms. The molecular formula is C15H20N2O4. The maximum Gasteiger partial charge on any atom is 0.410 e. The van der Waals surface area contributed by atoms with Gasteiger partial charge in [-0.2, -0.15) is 0 Å². The van der Waals surface area contributed by atoms with E-state index in [1.54, 1.807) is 4.90 Å². The zero-order chi connectivity index (χ0) is 15.6. The van der Waals surface area contributed by atoms with Gasteiger partial charge in [-0.3, -0.25) is 9.69 Å². The molecule has 0 aromatic heterocycles. The molecule has 114 valence electrons. The monoisotopic (exact) mass is 292 g/mol. The molecule has 1 aromatic carbocycles. The highest BCUT2D eigenvalue weighted by Gasteiger charge is 2.28. The molecular weight excluding hydrogens is 272 g/mol. The van der Waals surface area contributed by atoms with Gasteiger partial charge in [-0.25, -0.2) is 4.79 Å². The minimum Gasteiger partial charge on any atom is -0.495 e. The summed E-state index contributed by atoms with van der Waals surface area (Å²) < 4.78 is 10.6. The maximum atomic E-state index is 12.1. The second-order valence-corrected chi connectivity index (χ2v) is 5.92. The summed E-state index contributed by atoms with van der Waals surface area (Å²) in [5, 5.41) is 2.60. The molecule has 0 aliphatic carbocycles. The van der Waals surface area contributed by atoms with Gasteiger partial charge >= 0.3 is 6.09 Å². The van der Waals surface area contributed by atoms with E-state index in [0.29, 0.717) is 30.9 Å². The molecule has 1 aliphatic heterocycles. The molecule has 2 rings (SSSR count). The average Bonchev–Trinajstić information content (AvgIpc) is 2.79. The van der Waals surface area contributed by atoms with Crippen LogP contribution >= 0.6 is 0 Å². The molecule has 21 heavy (non-hydrogen) atoms. The van der Waals surface area contributed by atoms with Crippen molar-refractivity contribution in [3.63, 3.8) is 0 Å². The van der Waals surface area contributed by atoms with Crippen molar-refractivity contribution in [2.24, 2.45) is 0 Å².